The van der Waals surface area contributed by atoms with Crippen LogP contribution in [0.3, 0.4) is 0 Å². The molecule has 1 aromatic rings. The minimum Gasteiger partial charge on any atom is -0.478 e. The molecule has 0 aromatic carbocycles. The summed E-state index contributed by atoms with van der Waals surface area (Å²) in [5, 5.41) is 8.21. The van der Waals surface area contributed by atoms with E-state index >= 15 is 0 Å². The van der Waals surface area contributed by atoms with Crippen molar-refractivity contribution in [3.8, 4) is 0 Å². The number of carboxylic acids is 1. The molecule has 0 atom stereocenters. The van der Waals surface area contributed by atoms with E-state index in [1.807, 2.05) is 0 Å². The first-order valence-electron chi connectivity index (χ1n) is 2.58. The van der Waals surface area contributed by atoms with Crippen LogP contribution in [0.4, 0.5) is 0 Å². The van der Waals surface area contributed by atoms with Crippen LogP contribution >= 0.6 is 11.3 Å². The maximum absolute atomic E-state index is 9.99. The summed E-state index contributed by atoms with van der Waals surface area (Å²) in [6.07, 6.45) is 4.22. The number of hydrogen-bond donors (Lipinski definition) is 1. The highest BCUT2D eigenvalue weighted by Crippen LogP contribution is 2.06. The fourth-order valence-corrected chi connectivity index (χ4v) is 0.973. The quantitative estimate of drug-likeness (QED) is 0.654. The molecule has 1 heterocycles. The van der Waals surface area contributed by atoms with Crippen LogP contribution in [-0.4, -0.2) is 16.1 Å². The molecule has 10 heavy (non-hydrogen) atoms. The second-order valence-corrected chi connectivity index (χ2v) is 2.49. The zero-order valence-corrected chi connectivity index (χ0v) is 5.84. The summed E-state index contributed by atoms with van der Waals surface area (Å²) >= 11 is 1.40. The Kier molecular flexibility index (Phi) is 2.17. The second kappa shape index (κ2) is 3.12. The van der Waals surface area contributed by atoms with E-state index in [9.17, 15) is 4.79 Å². The second-order valence-electron chi connectivity index (χ2n) is 1.58. The van der Waals surface area contributed by atoms with Crippen molar-refractivity contribution in [1.82, 2.24) is 4.98 Å². The van der Waals surface area contributed by atoms with Crippen molar-refractivity contribution in [2.75, 3.05) is 0 Å². The average Bonchev–Trinajstić information content (AvgIpc) is 2.34. The van der Waals surface area contributed by atoms with Crippen LogP contribution < -0.4 is 0 Å². The lowest BCUT2D eigenvalue weighted by molar-refractivity contribution is -0.131. The standard InChI is InChI=1S/C6H5NO2S/c8-6(9)2-1-5-3-7-4-10-5/h1-4H,(H,8,9). The normalized spacial score (nSPS) is 10.4. The Morgan fingerprint density at radius 2 is 2.60 bits per heavy atom. The minimum atomic E-state index is -0.937. The van der Waals surface area contributed by atoms with E-state index < -0.39 is 5.97 Å². The molecule has 0 saturated heterocycles. The van der Waals surface area contributed by atoms with Crippen LogP contribution in [0.5, 0.6) is 0 Å². The fraction of sp³-hybridized carbons (Fsp3) is 0. The molecule has 52 valence electrons. The molecule has 0 aliphatic rings. The summed E-state index contributed by atoms with van der Waals surface area (Å²) in [4.78, 5) is 14.6. The molecule has 0 fully saturated rings. The predicted molar refractivity (Wildman–Crippen MR) is 38.8 cm³/mol. The third kappa shape index (κ3) is 1.99. The van der Waals surface area contributed by atoms with Gasteiger partial charge in [-0.05, 0) is 6.08 Å². The molecule has 4 heteroatoms. The van der Waals surface area contributed by atoms with E-state index in [0.717, 1.165) is 11.0 Å². The largest absolute Gasteiger partial charge is 0.478 e. The number of carbonyl (C=O) groups is 1. The van der Waals surface area contributed by atoms with Crippen molar-refractivity contribution in [1.29, 1.82) is 0 Å². The summed E-state index contributed by atoms with van der Waals surface area (Å²) < 4.78 is 0. The Morgan fingerprint density at radius 1 is 1.80 bits per heavy atom. The Morgan fingerprint density at radius 3 is 3.10 bits per heavy atom. The van der Waals surface area contributed by atoms with Crippen molar-refractivity contribution in [2.45, 2.75) is 0 Å². The van der Waals surface area contributed by atoms with Gasteiger partial charge in [-0.15, -0.1) is 11.3 Å². The summed E-state index contributed by atoms with van der Waals surface area (Å²) in [7, 11) is 0. The smallest absolute Gasteiger partial charge is 0.328 e. The maximum atomic E-state index is 9.99. The Labute approximate surface area is 61.7 Å². The molecule has 0 spiro atoms. The molecular weight excluding hydrogens is 150 g/mol. The first-order chi connectivity index (χ1) is 4.79. The molecule has 1 aromatic heterocycles. The Balaban J connectivity index is 2.64. The van der Waals surface area contributed by atoms with Gasteiger partial charge in [0.2, 0.25) is 0 Å². The van der Waals surface area contributed by atoms with Crippen LogP contribution in [0.25, 0.3) is 6.08 Å². The number of nitrogens with zero attached hydrogens (tertiary/aromatic N) is 1. The van der Waals surface area contributed by atoms with Gasteiger partial charge in [0, 0.05) is 17.2 Å². The predicted octanol–water partition coefficient (Wildman–Crippen LogP) is 1.24. The van der Waals surface area contributed by atoms with Crippen LogP contribution in [-0.2, 0) is 4.79 Å². The lowest BCUT2D eigenvalue weighted by atomic mass is 10.4. The molecule has 0 bridgehead atoms. The fourth-order valence-electron chi connectivity index (χ4n) is 0.461. The van der Waals surface area contributed by atoms with Crippen molar-refractivity contribution in [2.24, 2.45) is 0 Å². The first-order valence-corrected chi connectivity index (χ1v) is 3.46. The van der Waals surface area contributed by atoms with Crippen LogP contribution in [0.1, 0.15) is 4.88 Å². The molecular formula is C6H5NO2S. The SMILES string of the molecule is O=C(O)C=Cc1cncs1. The molecule has 0 radical (unpaired) electrons. The molecule has 0 aliphatic carbocycles. The third-order valence-corrected chi connectivity index (χ3v) is 1.58. The molecule has 0 saturated carbocycles. The zero-order chi connectivity index (χ0) is 7.40. The molecule has 1 rings (SSSR count). The Bertz CT molecular complexity index is 240. The lowest BCUT2D eigenvalue weighted by Crippen LogP contribution is -1.84. The highest BCUT2D eigenvalue weighted by Gasteiger charge is 1.88. The Hall–Kier alpha value is -1.16. The molecule has 3 nitrogen and oxygen atoms in total. The highest BCUT2D eigenvalue weighted by molar-refractivity contribution is 7.10. The third-order valence-electron chi connectivity index (χ3n) is 0.842. The molecule has 0 aliphatic heterocycles. The van der Waals surface area contributed by atoms with E-state index in [4.69, 9.17) is 5.11 Å². The monoisotopic (exact) mass is 155 g/mol. The summed E-state index contributed by atoms with van der Waals surface area (Å²) in [6, 6.07) is 0. The number of carboxylic acid groups (broad SMARTS) is 1. The molecule has 1 N–H and O–H groups in total. The van der Waals surface area contributed by atoms with Gasteiger partial charge in [0.15, 0.2) is 0 Å². The van der Waals surface area contributed by atoms with Gasteiger partial charge >= 0.3 is 5.97 Å². The lowest BCUT2D eigenvalue weighted by Gasteiger charge is -1.77. The van der Waals surface area contributed by atoms with Gasteiger partial charge in [0.05, 0.1) is 5.51 Å². The van der Waals surface area contributed by atoms with Gasteiger partial charge in [0.25, 0.3) is 0 Å². The van der Waals surface area contributed by atoms with Gasteiger partial charge < -0.3 is 5.11 Å². The van der Waals surface area contributed by atoms with E-state index in [1.54, 1.807) is 11.7 Å². The van der Waals surface area contributed by atoms with Gasteiger partial charge in [-0.3, -0.25) is 4.98 Å². The van der Waals surface area contributed by atoms with Gasteiger partial charge in [-0.2, -0.15) is 0 Å². The minimum absolute atomic E-state index is 0.849. The van der Waals surface area contributed by atoms with Gasteiger partial charge in [0.1, 0.15) is 0 Å². The number of aliphatic carboxylic acids is 1. The van der Waals surface area contributed by atoms with Crippen molar-refractivity contribution in [3.63, 3.8) is 0 Å². The topological polar surface area (TPSA) is 50.2 Å². The van der Waals surface area contributed by atoms with Crippen LogP contribution in [0, 0.1) is 0 Å². The zero-order valence-electron chi connectivity index (χ0n) is 5.02. The number of aromatic nitrogens is 1. The summed E-state index contributed by atoms with van der Waals surface area (Å²) in [5.74, 6) is -0.937. The van der Waals surface area contributed by atoms with Crippen molar-refractivity contribution < 1.29 is 9.90 Å². The molecule has 0 amide bonds. The molecule has 0 unspecified atom stereocenters. The first kappa shape index (κ1) is 6.95. The van der Waals surface area contributed by atoms with Crippen LogP contribution in [0.15, 0.2) is 17.8 Å². The van der Waals surface area contributed by atoms with E-state index in [0.29, 0.717) is 0 Å². The summed E-state index contributed by atoms with van der Waals surface area (Å²) in [5.41, 5.74) is 1.65. The van der Waals surface area contributed by atoms with Crippen molar-refractivity contribution >= 4 is 23.4 Å². The summed E-state index contributed by atoms with van der Waals surface area (Å²) in [6.45, 7) is 0. The van der Waals surface area contributed by atoms with E-state index in [1.165, 1.54) is 17.4 Å². The van der Waals surface area contributed by atoms with Gasteiger partial charge in [-0.1, -0.05) is 0 Å². The number of rotatable bonds is 2. The van der Waals surface area contributed by atoms with E-state index in [2.05, 4.69) is 4.98 Å². The number of thiazole rings is 1. The number of hydrogen-bond acceptors (Lipinski definition) is 3. The van der Waals surface area contributed by atoms with Gasteiger partial charge in [-0.25, -0.2) is 4.79 Å². The highest BCUT2D eigenvalue weighted by atomic mass is 32.1. The van der Waals surface area contributed by atoms with Crippen LogP contribution in [0.2, 0.25) is 0 Å². The average molecular weight is 155 g/mol. The maximum Gasteiger partial charge on any atom is 0.328 e. The van der Waals surface area contributed by atoms with Crippen molar-refractivity contribution in [3.05, 3.63) is 22.7 Å². The van der Waals surface area contributed by atoms with E-state index in [-0.39, 0.29) is 0 Å².